The molecule has 2 aliphatic rings. The highest BCUT2D eigenvalue weighted by Gasteiger charge is 2.50. The second-order valence-electron chi connectivity index (χ2n) is 8.68. The molecule has 1 aliphatic heterocycles. The molecule has 23 heavy (non-hydrogen) atoms. The van der Waals surface area contributed by atoms with Gasteiger partial charge in [-0.05, 0) is 47.0 Å². The molecule has 1 saturated carbocycles. The van der Waals surface area contributed by atoms with Gasteiger partial charge in [-0.2, -0.15) is 5.06 Å². The van der Waals surface area contributed by atoms with Crippen molar-refractivity contribution in [3.05, 3.63) is 5.21 Å². The highest BCUT2D eigenvalue weighted by Crippen LogP contribution is 2.41. The Morgan fingerprint density at radius 3 is 2.17 bits per heavy atom. The fourth-order valence-electron chi connectivity index (χ4n) is 4.40. The van der Waals surface area contributed by atoms with Gasteiger partial charge in [-0.25, -0.2) is 4.74 Å². The normalized spacial score (nSPS) is 27.3. The van der Waals surface area contributed by atoms with Crippen molar-refractivity contribution in [1.82, 2.24) is 5.06 Å². The van der Waals surface area contributed by atoms with E-state index < -0.39 is 0 Å². The van der Waals surface area contributed by atoms with Crippen molar-refractivity contribution in [1.29, 1.82) is 0 Å². The summed E-state index contributed by atoms with van der Waals surface area (Å²) in [6.45, 7) is 11.0. The molecule has 4 nitrogen and oxygen atoms in total. The fourth-order valence-corrected chi connectivity index (χ4v) is 4.40. The second kappa shape index (κ2) is 7.52. The summed E-state index contributed by atoms with van der Waals surface area (Å²) in [5.74, 6) is 0. The van der Waals surface area contributed by atoms with Gasteiger partial charge < -0.3 is 5.21 Å². The summed E-state index contributed by atoms with van der Waals surface area (Å²) in [5.41, 5.74) is -0.237. The second-order valence-corrected chi connectivity index (χ2v) is 8.68. The van der Waals surface area contributed by atoms with Crippen LogP contribution in [0.3, 0.4) is 0 Å². The van der Waals surface area contributed by atoms with Gasteiger partial charge in [-0.3, -0.25) is 4.84 Å². The van der Waals surface area contributed by atoms with E-state index >= 15 is 0 Å². The molecule has 0 N–H and O–H groups in total. The van der Waals surface area contributed by atoms with Gasteiger partial charge in [-0.1, -0.05) is 26.2 Å². The SMILES string of the molecule is CCCC=[N+]([O-])C1CC(C)(C)N(OC2CCCCC2)C(C)(C)C1. The van der Waals surface area contributed by atoms with Crippen LogP contribution in [0.4, 0.5) is 0 Å². The summed E-state index contributed by atoms with van der Waals surface area (Å²) in [7, 11) is 0. The van der Waals surface area contributed by atoms with Gasteiger partial charge in [0.1, 0.15) is 0 Å². The van der Waals surface area contributed by atoms with Gasteiger partial charge in [0.2, 0.25) is 0 Å². The van der Waals surface area contributed by atoms with Crippen molar-refractivity contribution in [2.45, 2.75) is 116 Å². The molecule has 1 aliphatic carbocycles. The van der Waals surface area contributed by atoms with Crippen LogP contribution in [0.5, 0.6) is 0 Å². The first-order valence-corrected chi connectivity index (χ1v) is 9.52. The Labute approximate surface area is 142 Å². The molecule has 0 unspecified atom stereocenters. The molecule has 0 aromatic carbocycles. The van der Waals surface area contributed by atoms with E-state index in [9.17, 15) is 5.21 Å². The molecule has 0 bridgehead atoms. The van der Waals surface area contributed by atoms with Crippen molar-refractivity contribution >= 4 is 6.21 Å². The number of hydroxylamine groups is 3. The average molecular weight is 325 g/mol. The summed E-state index contributed by atoms with van der Waals surface area (Å²) in [4.78, 5) is 6.47. The lowest BCUT2D eigenvalue weighted by Crippen LogP contribution is -2.63. The number of hydrogen-bond acceptors (Lipinski definition) is 3. The van der Waals surface area contributed by atoms with Gasteiger partial charge >= 0.3 is 0 Å². The number of unbranched alkanes of at least 4 members (excludes halogenated alkanes) is 1. The Bertz CT molecular complexity index is 394. The third kappa shape index (κ3) is 4.69. The van der Waals surface area contributed by atoms with Crippen LogP contribution in [0, 0.1) is 5.21 Å². The lowest BCUT2D eigenvalue weighted by Gasteiger charge is -2.53. The Balaban J connectivity index is 2.09. The molecule has 0 spiro atoms. The third-order valence-corrected chi connectivity index (χ3v) is 5.33. The minimum Gasteiger partial charge on any atom is -0.624 e. The van der Waals surface area contributed by atoms with Crippen LogP contribution in [0.2, 0.25) is 0 Å². The van der Waals surface area contributed by atoms with Crippen molar-refractivity contribution in [2.24, 2.45) is 0 Å². The summed E-state index contributed by atoms with van der Waals surface area (Å²) >= 11 is 0. The summed E-state index contributed by atoms with van der Waals surface area (Å²) < 4.78 is 1.21. The Kier molecular flexibility index (Phi) is 6.12. The zero-order chi connectivity index (χ0) is 17.1. The maximum Gasteiger partial charge on any atom is 0.166 e. The molecule has 134 valence electrons. The number of hydrogen-bond donors (Lipinski definition) is 0. The molecular weight excluding hydrogens is 288 g/mol. The van der Waals surface area contributed by atoms with Crippen LogP contribution >= 0.6 is 0 Å². The quantitative estimate of drug-likeness (QED) is 0.320. The van der Waals surface area contributed by atoms with E-state index in [-0.39, 0.29) is 17.1 Å². The summed E-state index contributed by atoms with van der Waals surface area (Å²) in [6, 6.07) is 0.0535. The topological polar surface area (TPSA) is 38.5 Å². The zero-order valence-electron chi connectivity index (χ0n) is 15.8. The van der Waals surface area contributed by atoms with Crippen LogP contribution in [0.25, 0.3) is 0 Å². The van der Waals surface area contributed by atoms with Gasteiger partial charge in [0.15, 0.2) is 12.3 Å². The lowest BCUT2D eigenvalue weighted by atomic mass is 9.79. The first-order valence-electron chi connectivity index (χ1n) is 9.52. The molecule has 1 heterocycles. The van der Waals surface area contributed by atoms with Crippen LogP contribution in [0.15, 0.2) is 0 Å². The molecular formula is C19H36N2O2. The Morgan fingerprint density at radius 2 is 1.65 bits per heavy atom. The maximum absolute atomic E-state index is 12.4. The predicted molar refractivity (Wildman–Crippen MR) is 95.6 cm³/mol. The number of nitrogens with zero attached hydrogens (tertiary/aromatic N) is 2. The molecule has 0 aromatic heterocycles. The number of piperidine rings is 1. The Morgan fingerprint density at radius 1 is 1.09 bits per heavy atom. The molecule has 0 aromatic rings. The van der Waals surface area contributed by atoms with Gasteiger partial charge in [-0.15, -0.1) is 0 Å². The highest BCUT2D eigenvalue weighted by molar-refractivity contribution is 5.51. The van der Waals surface area contributed by atoms with Gasteiger partial charge in [0.05, 0.1) is 6.10 Å². The van der Waals surface area contributed by atoms with Crippen LogP contribution in [0.1, 0.15) is 92.4 Å². The average Bonchev–Trinajstić information content (AvgIpc) is 2.48. The van der Waals surface area contributed by atoms with Crippen molar-refractivity contribution in [2.75, 3.05) is 0 Å². The van der Waals surface area contributed by atoms with E-state index in [4.69, 9.17) is 4.84 Å². The molecule has 1 saturated heterocycles. The lowest BCUT2D eigenvalue weighted by molar-refractivity contribution is -0.518. The first kappa shape index (κ1) is 18.7. The first-order chi connectivity index (χ1) is 10.8. The standard InChI is InChI=1S/C19H36N2O2/c1-6-7-13-20(22)16-14-18(2,3)21(19(4,5)15-16)23-17-11-9-8-10-12-17/h13,16-17H,6-12,14-15H2,1-5H3. The van der Waals surface area contributed by atoms with E-state index in [0.29, 0.717) is 6.10 Å². The molecule has 0 radical (unpaired) electrons. The fraction of sp³-hybridized carbons (Fsp3) is 0.947. The van der Waals surface area contributed by atoms with E-state index in [1.807, 2.05) is 6.21 Å². The predicted octanol–water partition coefficient (Wildman–Crippen LogP) is 4.65. The molecule has 0 amide bonds. The molecule has 2 fully saturated rings. The van der Waals surface area contributed by atoms with E-state index in [1.165, 1.54) is 36.8 Å². The molecule has 2 rings (SSSR count). The largest absolute Gasteiger partial charge is 0.624 e. The summed E-state index contributed by atoms with van der Waals surface area (Å²) in [6.07, 6.45) is 12.0. The molecule has 0 atom stereocenters. The minimum atomic E-state index is -0.118. The van der Waals surface area contributed by atoms with E-state index in [2.05, 4.69) is 39.7 Å². The van der Waals surface area contributed by atoms with Gasteiger partial charge in [0.25, 0.3) is 0 Å². The van der Waals surface area contributed by atoms with E-state index in [1.54, 1.807) is 0 Å². The number of rotatable bonds is 5. The van der Waals surface area contributed by atoms with Crippen LogP contribution in [-0.2, 0) is 4.84 Å². The Hall–Kier alpha value is -0.610. The minimum absolute atomic E-state index is 0.0535. The monoisotopic (exact) mass is 324 g/mol. The van der Waals surface area contributed by atoms with Crippen molar-refractivity contribution in [3.8, 4) is 0 Å². The van der Waals surface area contributed by atoms with Crippen LogP contribution in [-0.4, -0.2) is 39.2 Å². The van der Waals surface area contributed by atoms with Crippen molar-refractivity contribution < 1.29 is 9.58 Å². The smallest absolute Gasteiger partial charge is 0.166 e. The zero-order valence-corrected chi connectivity index (χ0v) is 15.8. The van der Waals surface area contributed by atoms with E-state index in [0.717, 1.165) is 25.7 Å². The van der Waals surface area contributed by atoms with Gasteiger partial charge in [0, 0.05) is 30.3 Å². The molecule has 4 heteroatoms. The van der Waals surface area contributed by atoms with Crippen LogP contribution < -0.4 is 0 Å². The highest BCUT2D eigenvalue weighted by atomic mass is 16.7. The maximum atomic E-state index is 12.4. The summed E-state index contributed by atoms with van der Waals surface area (Å²) in [5, 5.41) is 14.7. The van der Waals surface area contributed by atoms with Crippen molar-refractivity contribution in [3.63, 3.8) is 0 Å². The third-order valence-electron chi connectivity index (χ3n) is 5.33.